The van der Waals surface area contributed by atoms with Gasteiger partial charge in [0.25, 0.3) is 0 Å². The fraction of sp³-hybridized carbons (Fsp3) is 0.500. The van der Waals surface area contributed by atoms with Crippen LogP contribution in [-0.2, 0) is 11.2 Å². The second kappa shape index (κ2) is 14.2. The van der Waals surface area contributed by atoms with Crippen molar-refractivity contribution in [1.29, 1.82) is 0 Å². The van der Waals surface area contributed by atoms with Crippen molar-refractivity contribution in [2.75, 3.05) is 27.4 Å². The summed E-state index contributed by atoms with van der Waals surface area (Å²) in [5, 5.41) is 23.3. The lowest BCUT2D eigenvalue weighted by atomic mass is 9.84. The van der Waals surface area contributed by atoms with Crippen LogP contribution in [0.2, 0.25) is 0 Å². The lowest BCUT2D eigenvalue weighted by molar-refractivity contribution is 0.0880. The molecular formula is C32H49NO3. The summed E-state index contributed by atoms with van der Waals surface area (Å²) < 4.78 is 5.58. The molecule has 0 aliphatic carbocycles. The molecule has 0 bridgehead atoms. The monoisotopic (exact) mass is 495 g/mol. The van der Waals surface area contributed by atoms with Crippen LogP contribution < -0.4 is 10.4 Å². The molecule has 4 heteroatoms. The highest BCUT2D eigenvalue weighted by atomic mass is 16.5. The number of likely N-dealkylation sites (N-methyl/N-ethyl adjacent to an activating group) is 1. The number of hydrogen-bond donors (Lipinski definition) is 2. The summed E-state index contributed by atoms with van der Waals surface area (Å²) in [6.07, 6.45) is 7.19. The van der Waals surface area contributed by atoms with Crippen molar-refractivity contribution in [1.82, 2.24) is 4.90 Å². The number of rotatable bonds is 13. The van der Waals surface area contributed by atoms with Crippen LogP contribution in [0.25, 0.3) is 11.1 Å². The van der Waals surface area contributed by atoms with Gasteiger partial charge in [-0.1, -0.05) is 84.2 Å². The van der Waals surface area contributed by atoms with Gasteiger partial charge in [-0.15, -0.1) is 0 Å². The number of aliphatic hydroxyl groups excluding tert-OH is 2. The molecule has 0 aliphatic heterocycles. The normalized spacial score (nSPS) is 15.5. The molecule has 2 N–H and O–H groups in total. The minimum atomic E-state index is -0.201. The first kappa shape index (κ1) is 31.5. The number of hydrogen-bond acceptors (Lipinski definition) is 4. The molecule has 1 aromatic carbocycles. The lowest BCUT2D eigenvalue weighted by Gasteiger charge is -2.33. The van der Waals surface area contributed by atoms with E-state index in [0.717, 1.165) is 33.6 Å². The highest BCUT2D eigenvalue weighted by Gasteiger charge is 2.26. The van der Waals surface area contributed by atoms with Crippen molar-refractivity contribution in [2.45, 2.75) is 60.4 Å². The van der Waals surface area contributed by atoms with Gasteiger partial charge in [0.2, 0.25) is 0 Å². The third kappa shape index (κ3) is 9.48. The first-order valence-electron chi connectivity index (χ1n) is 12.8. The van der Waals surface area contributed by atoms with Gasteiger partial charge in [0.1, 0.15) is 5.76 Å². The van der Waals surface area contributed by atoms with Gasteiger partial charge in [-0.25, -0.2) is 0 Å². The minimum Gasteiger partial charge on any atom is -0.508 e. The maximum Gasteiger partial charge on any atom is 0.112 e. The Kier molecular flexibility index (Phi) is 12.5. The summed E-state index contributed by atoms with van der Waals surface area (Å²) in [5.41, 5.74) is 3.90. The molecule has 2 unspecified atom stereocenters. The molecule has 36 heavy (non-hydrogen) atoms. The molecule has 0 amide bonds. The van der Waals surface area contributed by atoms with E-state index in [-0.39, 0.29) is 29.7 Å². The van der Waals surface area contributed by atoms with E-state index in [1.807, 2.05) is 19.3 Å². The molecule has 0 aliphatic rings. The standard InChI is InChI=1S/C32H49NO3/c1-12-23(4)15-16-33(10)31(21-36-11)30(20-34)24(5)28-18-26(17-22(2)3)13-14-27(28)29(25(6)35)19-32(7,8)9/h12-16,18,22,30-31,34-35H,1,4,6,17,19-21H2,2-3,5,7-11H3/b16-15-,28-24+,29-27-. The van der Waals surface area contributed by atoms with E-state index in [0.29, 0.717) is 18.9 Å². The van der Waals surface area contributed by atoms with Gasteiger partial charge < -0.3 is 19.8 Å². The molecular weight excluding hydrogens is 446 g/mol. The Morgan fingerprint density at radius 1 is 1.17 bits per heavy atom. The summed E-state index contributed by atoms with van der Waals surface area (Å²) >= 11 is 0. The van der Waals surface area contributed by atoms with Crippen LogP contribution in [0.4, 0.5) is 0 Å². The molecule has 0 spiro atoms. The third-order valence-electron chi connectivity index (χ3n) is 6.40. The molecule has 1 rings (SSSR count). The van der Waals surface area contributed by atoms with Crippen LogP contribution in [0.3, 0.4) is 0 Å². The summed E-state index contributed by atoms with van der Waals surface area (Å²) in [6, 6.07) is 6.36. The van der Waals surface area contributed by atoms with E-state index in [1.54, 1.807) is 13.2 Å². The number of nitrogens with zero attached hydrogens (tertiary/aromatic N) is 1. The molecule has 1 aromatic rings. The van der Waals surface area contributed by atoms with Crippen LogP contribution in [0.5, 0.6) is 0 Å². The second-order valence-electron chi connectivity index (χ2n) is 11.4. The van der Waals surface area contributed by atoms with Crippen molar-refractivity contribution >= 4 is 11.1 Å². The molecule has 0 fully saturated rings. The Bertz CT molecular complexity index is 1060. The first-order valence-corrected chi connectivity index (χ1v) is 12.8. The molecule has 0 aromatic heterocycles. The van der Waals surface area contributed by atoms with Crippen LogP contribution in [0.1, 0.15) is 53.5 Å². The van der Waals surface area contributed by atoms with E-state index in [1.165, 1.54) is 5.56 Å². The Morgan fingerprint density at radius 2 is 1.81 bits per heavy atom. The first-order chi connectivity index (χ1) is 16.7. The zero-order valence-corrected chi connectivity index (χ0v) is 23.9. The predicted octanol–water partition coefficient (Wildman–Crippen LogP) is 5.53. The van der Waals surface area contributed by atoms with E-state index >= 15 is 0 Å². The summed E-state index contributed by atoms with van der Waals surface area (Å²) in [5.74, 6) is 0.402. The average Bonchev–Trinajstić information content (AvgIpc) is 2.79. The molecule has 0 radical (unpaired) electrons. The Morgan fingerprint density at radius 3 is 2.28 bits per heavy atom. The summed E-state index contributed by atoms with van der Waals surface area (Å²) in [4.78, 5) is 2.06. The topological polar surface area (TPSA) is 52.9 Å². The zero-order valence-electron chi connectivity index (χ0n) is 23.9. The fourth-order valence-corrected chi connectivity index (χ4v) is 4.49. The van der Waals surface area contributed by atoms with Crippen molar-refractivity contribution in [3.05, 3.63) is 83.6 Å². The smallest absolute Gasteiger partial charge is 0.112 e. The molecule has 0 saturated carbocycles. The number of methoxy groups -OCH3 is 1. The largest absolute Gasteiger partial charge is 0.508 e. The quantitative estimate of drug-likeness (QED) is 0.279. The number of ether oxygens (including phenoxy) is 1. The second-order valence-corrected chi connectivity index (χ2v) is 11.4. The van der Waals surface area contributed by atoms with Crippen molar-refractivity contribution in [3.63, 3.8) is 0 Å². The summed E-state index contributed by atoms with van der Waals surface area (Å²) in [6.45, 7) is 25.0. The maximum atomic E-state index is 10.6. The van der Waals surface area contributed by atoms with Gasteiger partial charge in [0, 0.05) is 25.6 Å². The van der Waals surface area contributed by atoms with Crippen molar-refractivity contribution < 1.29 is 14.9 Å². The van der Waals surface area contributed by atoms with Gasteiger partial charge >= 0.3 is 0 Å². The maximum absolute atomic E-state index is 10.6. The zero-order chi connectivity index (χ0) is 27.6. The highest BCUT2D eigenvalue weighted by molar-refractivity contribution is 5.62. The van der Waals surface area contributed by atoms with E-state index in [9.17, 15) is 10.2 Å². The number of allylic oxidation sites excluding steroid dienone is 4. The Hall–Kier alpha value is -2.56. The fourth-order valence-electron chi connectivity index (χ4n) is 4.49. The number of benzene rings is 1. The summed E-state index contributed by atoms with van der Waals surface area (Å²) in [7, 11) is 3.66. The molecule has 0 saturated heterocycles. The van der Waals surface area contributed by atoms with E-state index < -0.39 is 0 Å². The van der Waals surface area contributed by atoms with Gasteiger partial charge in [-0.3, -0.25) is 0 Å². The van der Waals surface area contributed by atoms with Crippen molar-refractivity contribution in [2.24, 2.45) is 17.3 Å². The van der Waals surface area contributed by atoms with E-state index in [2.05, 4.69) is 84.4 Å². The van der Waals surface area contributed by atoms with Crippen LogP contribution in [0, 0.1) is 17.3 Å². The highest BCUT2D eigenvalue weighted by Crippen LogP contribution is 2.27. The van der Waals surface area contributed by atoms with Gasteiger partial charge in [-0.2, -0.15) is 0 Å². The van der Waals surface area contributed by atoms with Crippen LogP contribution in [0.15, 0.2) is 67.6 Å². The average molecular weight is 496 g/mol. The minimum absolute atomic E-state index is 0.0314. The van der Waals surface area contributed by atoms with Gasteiger partial charge in [0.15, 0.2) is 0 Å². The van der Waals surface area contributed by atoms with Crippen LogP contribution in [-0.4, -0.2) is 48.5 Å². The van der Waals surface area contributed by atoms with Crippen LogP contribution >= 0.6 is 0 Å². The molecule has 4 nitrogen and oxygen atoms in total. The molecule has 0 heterocycles. The van der Waals surface area contributed by atoms with Gasteiger partial charge in [0.05, 0.1) is 19.3 Å². The Labute approximate surface area is 219 Å². The molecule has 200 valence electrons. The van der Waals surface area contributed by atoms with E-state index in [4.69, 9.17) is 4.74 Å². The molecule has 2 atom stereocenters. The Balaban J connectivity index is 3.98. The van der Waals surface area contributed by atoms with Crippen molar-refractivity contribution in [3.8, 4) is 0 Å². The predicted molar refractivity (Wildman–Crippen MR) is 155 cm³/mol. The third-order valence-corrected chi connectivity index (χ3v) is 6.40. The van der Waals surface area contributed by atoms with Gasteiger partial charge in [-0.05, 0) is 64.9 Å². The SMILES string of the molecule is C=CC(=C)/C=C\N(C)C(COC)C(CO)/C(C)=c1\cc(CC(C)C)cc\c1=C(/CC(C)(C)C)C(=C)O. The lowest BCUT2D eigenvalue weighted by Crippen LogP contribution is -2.43. The number of aliphatic hydroxyl groups is 2.